The Morgan fingerprint density at radius 1 is 1.00 bits per heavy atom. The van der Waals surface area contributed by atoms with E-state index in [1.54, 1.807) is 44.1 Å². The number of hydrogen-bond acceptors (Lipinski definition) is 5. The molecule has 8 heteroatoms. The van der Waals surface area contributed by atoms with Crippen molar-refractivity contribution in [1.29, 1.82) is 0 Å². The number of rotatable bonds is 6. The van der Waals surface area contributed by atoms with Gasteiger partial charge in [-0.1, -0.05) is 17.7 Å². The van der Waals surface area contributed by atoms with E-state index in [0.29, 0.717) is 28.3 Å². The first kappa shape index (κ1) is 21.1. The van der Waals surface area contributed by atoms with E-state index in [0.717, 1.165) is 5.56 Å². The Morgan fingerprint density at radius 3 is 2.21 bits per heavy atom. The first-order valence-electron chi connectivity index (χ1n) is 9.29. The second-order valence-corrected chi connectivity index (χ2v) is 8.94. The average molecular weight is 419 g/mol. The van der Waals surface area contributed by atoms with Crippen molar-refractivity contribution in [3.05, 3.63) is 47.0 Å². The molecule has 1 saturated heterocycles. The molecule has 1 amide bonds. The fraction of sp³-hybridized carbons (Fsp3) is 0.381. The van der Waals surface area contributed by atoms with Crippen molar-refractivity contribution >= 4 is 21.6 Å². The molecular formula is C21H26N2O5S. The molecule has 2 aromatic carbocycles. The smallest absolute Gasteiger partial charge is 0.241 e. The molecule has 1 heterocycles. The van der Waals surface area contributed by atoms with Crippen molar-refractivity contribution in [3.8, 4) is 11.5 Å². The first-order chi connectivity index (χ1) is 13.7. The topological polar surface area (TPSA) is 84.9 Å². The number of benzene rings is 2. The van der Waals surface area contributed by atoms with Crippen molar-refractivity contribution < 1.29 is 22.7 Å². The monoisotopic (exact) mass is 418 g/mol. The molecule has 0 spiro atoms. The summed E-state index contributed by atoms with van der Waals surface area (Å²) < 4.78 is 39.2. The number of amides is 1. The number of aryl methyl sites for hydroxylation is 3. The van der Waals surface area contributed by atoms with Crippen LogP contribution in [0.15, 0.2) is 35.2 Å². The fourth-order valence-corrected chi connectivity index (χ4v) is 5.58. The van der Waals surface area contributed by atoms with Gasteiger partial charge in [0.1, 0.15) is 0 Å². The Labute approximate surface area is 171 Å². The number of anilines is 1. The Balaban J connectivity index is 1.82. The Bertz CT molecular complexity index is 1030. The number of sulfonamides is 1. The lowest BCUT2D eigenvalue weighted by Crippen LogP contribution is -2.37. The van der Waals surface area contributed by atoms with Crippen LogP contribution in [0.2, 0.25) is 0 Å². The van der Waals surface area contributed by atoms with E-state index in [-0.39, 0.29) is 23.8 Å². The predicted octanol–water partition coefficient (Wildman–Crippen LogP) is 2.71. The lowest BCUT2D eigenvalue weighted by Gasteiger charge is -2.19. The van der Waals surface area contributed by atoms with Gasteiger partial charge in [0.15, 0.2) is 11.5 Å². The molecule has 156 valence electrons. The van der Waals surface area contributed by atoms with Crippen molar-refractivity contribution in [3.63, 3.8) is 0 Å². The Morgan fingerprint density at radius 2 is 1.62 bits per heavy atom. The van der Waals surface area contributed by atoms with Crippen LogP contribution in [-0.2, 0) is 14.8 Å². The molecule has 0 saturated carbocycles. The molecule has 0 radical (unpaired) electrons. The number of hydrogen-bond donors (Lipinski definition) is 1. The second kappa shape index (κ2) is 8.04. The lowest BCUT2D eigenvalue weighted by molar-refractivity contribution is -0.117. The van der Waals surface area contributed by atoms with Crippen LogP contribution >= 0.6 is 0 Å². The summed E-state index contributed by atoms with van der Waals surface area (Å²) in [5.74, 6) is 0.917. The standard InChI is InChI=1S/C21H26N2O5S/c1-13-8-14(2)21(15(3)9-13)29(25,26)22-16-10-20(24)23(12-16)17-6-7-18(27-4)19(11-17)28-5/h6-9,11,16,22H,10,12H2,1-5H3/t16-/m1/s1. The summed E-state index contributed by atoms with van der Waals surface area (Å²) in [5.41, 5.74) is 3.03. The number of methoxy groups -OCH3 is 2. The lowest BCUT2D eigenvalue weighted by atomic mass is 10.1. The van der Waals surface area contributed by atoms with Crippen molar-refractivity contribution in [2.24, 2.45) is 0 Å². The van der Waals surface area contributed by atoms with E-state index < -0.39 is 16.1 Å². The first-order valence-corrected chi connectivity index (χ1v) is 10.8. The molecule has 0 bridgehead atoms. The van der Waals surface area contributed by atoms with Gasteiger partial charge >= 0.3 is 0 Å². The van der Waals surface area contributed by atoms with E-state index in [9.17, 15) is 13.2 Å². The molecule has 7 nitrogen and oxygen atoms in total. The highest BCUT2D eigenvalue weighted by Crippen LogP contribution is 2.33. The fourth-order valence-electron chi connectivity index (χ4n) is 3.90. The summed E-state index contributed by atoms with van der Waals surface area (Å²) in [6, 6.07) is 8.36. The number of carbonyl (C=O) groups excluding carboxylic acids is 1. The van der Waals surface area contributed by atoms with Gasteiger partial charge in [-0.05, 0) is 44.0 Å². The number of nitrogens with zero attached hydrogens (tertiary/aromatic N) is 1. The third-order valence-corrected chi connectivity index (χ3v) is 6.82. The predicted molar refractivity (Wildman–Crippen MR) is 111 cm³/mol. The van der Waals surface area contributed by atoms with Crippen molar-refractivity contribution in [2.75, 3.05) is 25.7 Å². The van der Waals surface area contributed by atoms with Crippen LogP contribution in [-0.4, -0.2) is 41.1 Å². The molecule has 1 aliphatic heterocycles. The van der Waals surface area contributed by atoms with Crippen LogP contribution in [0.3, 0.4) is 0 Å². The Hall–Kier alpha value is -2.58. The third kappa shape index (κ3) is 4.23. The van der Waals surface area contributed by atoms with E-state index >= 15 is 0 Å². The summed E-state index contributed by atoms with van der Waals surface area (Å²) >= 11 is 0. The minimum Gasteiger partial charge on any atom is -0.493 e. The molecule has 1 atom stereocenters. The normalized spacial score (nSPS) is 16.9. The van der Waals surface area contributed by atoms with Gasteiger partial charge in [0.2, 0.25) is 15.9 Å². The Kier molecular flexibility index (Phi) is 5.86. The quantitative estimate of drug-likeness (QED) is 0.780. The van der Waals surface area contributed by atoms with Crippen LogP contribution in [0.4, 0.5) is 5.69 Å². The van der Waals surface area contributed by atoms with Gasteiger partial charge in [-0.3, -0.25) is 4.79 Å². The zero-order chi connectivity index (χ0) is 21.3. The zero-order valence-corrected chi connectivity index (χ0v) is 18.1. The summed E-state index contributed by atoms with van der Waals surface area (Å²) in [6.45, 7) is 5.74. The summed E-state index contributed by atoms with van der Waals surface area (Å²) in [4.78, 5) is 14.4. The SMILES string of the molecule is COc1ccc(N2C[C@H](NS(=O)(=O)c3c(C)cc(C)cc3C)CC2=O)cc1OC. The highest BCUT2D eigenvalue weighted by atomic mass is 32.2. The van der Waals surface area contributed by atoms with Crippen LogP contribution in [0.1, 0.15) is 23.1 Å². The molecular weight excluding hydrogens is 392 g/mol. The van der Waals surface area contributed by atoms with Crippen molar-refractivity contribution in [2.45, 2.75) is 38.1 Å². The number of carbonyl (C=O) groups is 1. The van der Waals surface area contributed by atoms with Crippen molar-refractivity contribution in [1.82, 2.24) is 4.72 Å². The summed E-state index contributed by atoms with van der Waals surface area (Å²) in [5, 5.41) is 0. The van der Waals surface area contributed by atoms with E-state index in [1.165, 1.54) is 7.11 Å². The van der Waals surface area contributed by atoms with Crippen LogP contribution in [0, 0.1) is 20.8 Å². The summed E-state index contributed by atoms with van der Waals surface area (Å²) in [6.07, 6.45) is 0.0948. The average Bonchev–Trinajstić information content (AvgIpc) is 2.99. The van der Waals surface area contributed by atoms with Gasteiger partial charge in [0, 0.05) is 30.8 Å². The molecule has 29 heavy (non-hydrogen) atoms. The van der Waals surface area contributed by atoms with E-state index in [4.69, 9.17) is 9.47 Å². The molecule has 1 fully saturated rings. The maximum absolute atomic E-state index is 13.0. The maximum atomic E-state index is 13.0. The van der Waals surface area contributed by atoms with Crippen LogP contribution in [0.25, 0.3) is 0 Å². The number of nitrogens with one attached hydrogen (secondary N) is 1. The van der Waals surface area contributed by atoms with Gasteiger partial charge in [-0.25, -0.2) is 13.1 Å². The molecule has 3 rings (SSSR count). The van der Waals surface area contributed by atoms with Gasteiger partial charge < -0.3 is 14.4 Å². The zero-order valence-electron chi connectivity index (χ0n) is 17.3. The van der Waals surface area contributed by atoms with E-state index in [2.05, 4.69) is 4.72 Å². The molecule has 0 unspecified atom stereocenters. The second-order valence-electron chi connectivity index (χ2n) is 7.29. The molecule has 0 aliphatic carbocycles. The maximum Gasteiger partial charge on any atom is 0.241 e. The largest absolute Gasteiger partial charge is 0.493 e. The van der Waals surface area contributed by atoms with Crippen LogP contribution in [0.5, 0.6) is 11.5 Å². The number of ether oxygens (including phenoxy) is 2. The van der Waals surface area contributed by atoms with Gasteiger partial charge in [0.25, 0.3) is 0 Å². The summed E-state index contributed by atoms with van der Waals surface area (Å²) in [7, 11) is -0.683. The highest BCUT2D eigenvalue weighted by molar-refractivity contribution is 7.89. The van der Waals surface area contributed by atoms with Gasteiger partial charge in [-0.2, -0.15) is 0 Å². The van der Waals surface area contributed by atoms with E-state index in [1.807, 2.05) is 19.1 Å². The molecule has 2 aromatic rings. The minimum absolute atomic E-state index is 0.0948. The molecule has 0 aromatic heterocycles. The molecule has 1 N–H and O–H groups in total. The molecule has 1 aliphatic rings. The minimum atomic E-state index is -3.75. The highest BCUT2D eigenvalue weighted by Gasteiger charge is 2.34. The van der Waals surface area contributed by atoms with Gasteiger partial charge in [0.05, 0.1) is 19.1 Å². The third-order valence-electron chi connectivity index (χ3n) is 5.00. The van der Waals surface area contributed by atoms with Gasteiger partial charge in [-0.15, -0.1) is 0 Å². The van der Waals surface area contributed by atoms with Crippen LogP contribution < -0.4 is 19.1 Å².